The van der Waals surface area contributed by atoms with E-state index >= 15 is 0 Å². The molecule has 5 nitrogen and oxygen atoms in total. The van der Waals surface area contributed by atoms with Crippen LogP contribution in [0.3, 0.4) is 0 Å². The zero-order valence-corrected chi connectivity index (χ0v) is 18.3. The molecule has 0 aliphatic heterocycles. The molecule has 1 heterocycles. The highest BCUT2D eigenvalue weighted by Gasteiger charge is 2.12. The second-order valence-corrected chi connectivity index (χ2v) is 8.18. The summed E-state index contributed by atoms with van der Waals surface area (Å²) in [5.41, 5.74) is 3.80. The number of thiophene rings is 1. The van der Waals surface area contributed by atoms with Crippen LogP contribution in [0.25, 0.3) is 0 Å². The average Bonchev–Trinajstić information content (AvgIpc) is 3.35. The van der Waals surface area contributed by atoms with Gasteiger partial charge in [-0.25, -0.2) is 0 Å². The Morgan fingerprint density at radius 1 is 0.844 bits per heavy atom. The molecule has 32 heavy (non-hydrogen) atoms. The second kappa shape index (κ2) is 9.94. The summed E-state index contributed by atoms with van der Waals surface area (Å²) in [6, 6.07) is 25.9. The van der Waals surface area contributed by atoms with E-state index in [1.807, 2.05) is 66.9 Å². The molecule has 0 bridgehead atoms. The van der Waals surface area contributed by atoms with Crippen molar-refractivity contribution in [1.29, 1.82) is 0 Å². The molecule has 0 unspecified atom stereocenters. The average molecular weight is 443 g/mol. The van der Waals surface area contributed by atoms with Crippen LogP contribution < -0.4 is 15.4 Å². The number of aryl methyl sites for hydroxylation is 1. The minimum Gasteiger partial charge on any atom is -0.487 e. The van der Waals surface area contributed by atoms with Crippen LogP contribution in [0, 0.1) is 6.92 Å². The van der Waals surface area contributed by atoms with Gasteiger partial charge in [-0.2, -0.15) is 0 Å². The zero-order chi connectivity index (χ0) is 22.3. The minimum atomic E-state index is -0.255. The van der Waals surface area contributed by atoms with Gasteiger partial charge >= 0.3 is 0 Å². The number of carbonyl (C=O) groups is 2. The smallest absolute Gasteiger partial charge is 0.265 e. The van der Waals surface area contributed by atoms with Gasteiger partial charge in [-0.05, 0) is 65.9 Å². The van der Waals surface area contributed by atoms with Crippen molar-refractivity contribution in [3.8, 4) is 5.75 Å². The molecule has 0 aliphatic carbocycles. The Kier molecular flexibility index (Phi) is 6.63. The van der Waals surface area contributed by atoms with Crippen molar-refractivity contribution < 1.29 is 14.3 Å². The highest BCUT2D eigenvalue weighted by Crippen LogP contribution is 2.27. The summed E-state index contributed by atoms with van der Waals surface area (Å²) in [6.45, 7) is 2.38. The van der Waals surface area contributed by atoms with Crippen LogP contribution in [0.15, 0.2) is 90.3 Å². The normalized spacial score (nSPS) is 10.4. The van der Waals surface area contributed by atoms with E-state index in [1.165, 1.54) is 11.3 Å². The molecule has 3 aromatic carbocycles. The lowest BCUT2D eigenvalue weighted by atomic mass is 10.1. The number of nitrogens with one attached hydrogen (secondary N) is 2. The number of hydrogen-bond acceptors (Lipinski definition) is 4. The van der Waals surface area contributed by atoms with Crippen molar-refractivity contribution in [1.82, 2.24) is 0 Å². The summed E-state index contributed by atoms with van der Waals surface area (Å²) in [5.74, 6) is 0.189. The minimum absolute atomic E-state index is 0.169. The maximum absolute atomic E-state index is 12.8. The van der Waals surface area contributed by atoms with E-state index in [-0.39, 0.29) is 11.8 Å². The van der Waals surface area contributed by atoms with Crippen LogP contribution in [0.5, 0.6) is 5.75 Å². The molecule has 0 aliphatic rings. The number of carbonyl (C=O) groups excluding carboxylic acids is 2. The molecule has 6 heteroatoms. The van der Waals surface area contributed by atoms with Crippen molar-refractivity contribution in [3.05, 3.63) is 112 Å². The Bertz CT molecular complexity index is 1200. The standard InChI is InChI=1S/C26H22N2O3S/c1-18-9-14-22(23(16-18)31-17-19-6-3-2-4-7-19)28-25(29)20-10-12-21(13-11-20)27-26(30)24-8-5-15-32-24/h2-16H,17H2,1H3,(H,27,30)(H,28,29). The Morgan fingerprint density at radius 3 is 2.34 bits per heavy atom. The third-order valence-corrected chi connectivity index (χ3v) is 5.64. The van der Waals surface area contributed by atoms with Gasteiger partial charge in [-0.15, -0.1) is 11.3 Å². The Labute approximate surface area is 190 Å². The number of ether oxygens (including phenoxy) is 1. The molecular formula is C26H22N2O3S. The first-order valence-corrected chi connectivity index (χ1v) is 11.0. The maximum atomic E-state index is 12.8. The van der Waals surface area contributed by atoms with Gasteiger partial charge in [0.15, 0.2) is 0 Å². The van der Waals surface area contributed by atoms with Crippen LogP contribution in [-0.2, 0) is 6.61 Å². The molecule has 4 rings (SSSR count). The van der Waals surface area contributed by atoms with Crippen LogP contribution in [-0.4, -0.2) is 11.8 Å². The molecule has 0 spiro atoms. The molecule has 2 N–H and O–H groups in total. The van der Waals surface area contributed by atoms with Crippen molar-refractivity contribution in [2.45, 2.75) is 13.5 Å². The summed E-state index contributed by atoms with van der Waals surface area (Å²) < 4.78 is 5.98. The summed E-state index contributed by atoms with van der Waals surface area (Å²) in [4.78, 5) is 25.6. The monoisotopic (exact) mass is 442 g/mol. The summed E-state index contributed by atoms with van der Waals surface area (Å²) in [5, 5.41) is 7.60. The number of benzene rings is 3. The van der Waals surface area contributed by atoms with E-state index < -0.39 is 0 Å². The van der Waals surface area contributed by atoms with E-state index in [9.17, 15) is 9.59 Å². The quantitative estimate of drug-likeness (QED) is 0.361. The number of rotatable bonds is 7. The van der Waals surface area contributed by atoms with Gasteiger partial charge in [0.2, 0.25) is 0 Å². The molecule has 2 amide bonds. The molecule has 0 radical (unpaired) electrons. The van der Waals surface area contributed by atoms with Gasteiger partial charge in [0.05, 0.1) is 10.6 Å². The summed E-state index contributed by atoms with van der Waals surface area (Å²) >= 11 is 1.38. The van der Waals surface area contributed by atoms with E-state index in [1.54, 1.807) is 30.3 Å². The number of anilines is 2. The number of amides is 2. The molecule has 0 saturated carbocycles. The van der Waals surface area contributed by atoms with E-state index in [0.717, 1.165) is 11.1 Å². The Morgan fingerprint density at radius 2 is 1.62 bits per heavy atom. The lowest BCUT2D eigenvalue weighted by Crippen LogP contribution is -2.14. The highest BCUT2D eigenvalue weighted by atomic mass is 32.1. The highest BCUT2D eigenvalue weighted by molar-refractivity contribution is 7.12. The largest absolute Gasteiger partial charge is 0.487 e. The lowest BCUT2D eigenvalue weighted by molar-refractivity contribution is 0.102. The SMILES string of the molecule is Cc1ccc(NC(=O)c2ccc(NC(=O)c3cccs3)cc2)c(OCc2ccccc2)c1. The third kappa shape index (κ3) is 5.42. The predicted molar refractivity (Wildman–Crippen MR) is 129 cm³/mol. The van der Waals surface area contributed by atoms with Crippen LogP contribution in [0.1, 0.15) is 31.2 Å². The zero-order valence-electron chi connectivity index (χ0n) is 17.5. The molecule has 160 valence electrons. The van der Waals surface area contributed by atoms with Gasteiger partial charge in [0, 0.05) is 11.3 Å². The second-order valence-electron chi connectivity index (χ2n) is 7.24. The Hall–Kier alpha value is -3.90. The van der Waals surface area contributed by atoms with E-state index in [0.29, 0.717) is 34.2 Å². The molecule has 1 aromatic heterocycles. The van der Waals surface area contributed by atoms with Gasteiger partial charge < -0.3 is 15.4 Å². The first-order valence-electron chi connectivity index (χ1n) is 10.1. The fourth-order valence-electron chi connectivity index (χ4n) is 3.09. The Balaban J connectivity index is 1.42. The van der Waals surface area contributed by atoms with Gasteiger partial charge in [0.1, 0.15) is 12.4 Å². The van der Waals surface area contributed by atoms with Crippen molar-refractivity contribution in [2.75, 3.05) is 10.6 Å². The lowest BCUT2D eigenvalue weighted by Gasteiger charge is -2.14. The van der Waals surface area contributed by atoms with Crippen molar-refractivity contribution >= 4 is 34.5 Å². The summed E-state index contributed by atoms with van der Waals surface area (Å²) in [6.07, 6.45) is 0. The van der Waals surface area contributed by atoms with E-state index in [2.05, 4.69) is 10.6 Å². The van der Waals surface area contributed by atoms with Crippen molar-refractivity contribution in [3.63, 3.8) is 0 Å². The van der Waals surface area contributed by atoms with Gasteiger partial charge in [-0.1, -0.05) is 42.5 Å². The third-order valence-electron chi connectivity index (χ3n) is 4.77. The molecule has 0 saturated heterocycles. The van der Waals surface area contributed by atoms with Gasteiger partial charge in [-0.3, -0.25) is 9.59 Å². The van der Waals surface area contributed by atoms with Gasteiger partial charge in [0.25, 0.3) is 11.8 Å². The van der Waals surface area contributed by atoms with Crippen LogP contribution in [0.2, 0.25) is 0 Å². The van der Waals surface area contributed by atoms with E-state index in [4.69, 9.17) is 4.74 Å². The molecular weight excluding hydrogens is 420 g/mol. The fraction of sp³-hybridized carbons (Fsp3) is 0.0769. The maximum Gasteiger partial charge on any atom is 0.265 e. The molecule has 4 aromatic rings. The van der Waals surface area contributed by atoms with Crippen LogP contribution in [0.4, 0.5) is 11.4 Å². The first-order chi connectivity index (χ1) is 15.6. The topological polar surface area (TPSA) is 67.4 Å². The fourth-order valence-corrected chi connectivity index (χ4v) is 3.71. The first kappa shape index (κ1) is 21.3. The van der Waals surface area contributed by atoms with Crippen LogP contribution >= 0.6 is 11.3 Å². The summed E-state index contributed by atoms with van der Waals surface area (Å²) in [7, 11) is 0. The van der Waals surface area contributed by atoms with Crippen molar-refractivity contribution in [2.24, 2.45) is 0 Å². The number of hydrogen-bond donors (Lipinski definition) is 2. The molecule has 0 atom stereocenters. The molecule has 0 fully saturated rings. The predicted octanol–water partition coefficient (Wildman–Crippen LogP) is 6.14.